The summed E-state index contributed by atoms with van der Waals surface area (Å²) in [6.45, 7) is 8.26. The zero-order valence-corrected chi connectivity index (χ0v) is 12.8. The van der Waals surface area contributed by atoms with Gasteiger partial charge in [0.15, 0.2) is 0 Å². The molecule has 0 aromatic carbocycles. The number of thioether (sulfide) groups is 1. The first-order valence-electron chi connectivity index (χ1n) is 7.65. The smallest absolute Gasteiger partial charge is 0.0580 e. The molecule has 2 fully saturated rings. The number of aliphatic hydroxyl groups is 1. The molecule has 2 rings (SSSR count). The first kappa shape index (κ1) is 14.7. The minimum atomic E-state index is -0.0455. The summed E-state index contributed by atoms with van der Waals surface area (Å²) < 4.78 is 0. The molecule has 0 spiro atoms. The lowest BCUT2D eigenvalue weighted by molar-refractivity contribution is 0.0197. The second-order valence-electron chi connectivity index (χ2n) is 6.41. The lowest BCUT2D eigenvalue weighted by atomic mass is 9.74. The van der Waals surface area contributed by atoms with E-state index < -0.39 is 0 Å². The van der Waals surface area contributed by atoms with Gasteiger partial charge in [-0.3, -0.25) is 0 Å². The monoisotopic (exact) mass is 271 g/mol. The highest BCUT2D eigenvalue weighted by Gasteiger charge is 2.31. The molecule has 18 heavy (non-hydrogen) atoms. The van der Waals surface area contributed by atoms with E-state index in [4.69, 9.17) is 0 Å². The summed E-state index contributed by atoms with van der Waals surface area (Å²) >= 11 is 2.08. The third kappa shape index (κ3) is 4.14. The van der Waals surface area contributed by atoms with Crippen molar-refractivity contribution in [1.82, 2.24) is 4.90 Å². The van der Waals surface area contributed by atoms with Crippen molar-refractivity contribution in [2.45, 2.75) is 45.6 Å². The maximum absolute atomic E-state index is 10.2. The minimum absolute atomic E-state index is 0.0455. The van der Waals surface area contributed by atoms with Gasteiger partial charge in [0.05, 0.1) is 6.10 Å². The van der Waals surface area contributed by atoms with Gasteiger partial charge in [0.25, 0.3) is 0 Å². The van der Waals surface area contributed by atoms with Crippen LogP contribution in [0, 0.1) is 17.8 Å². The van der Waals surface area contributed by atoms with Crippen molar-refractivity contribution in [2.24, 2.45) is 17.8 Å². The zero-order chi connectivity index (χ0) is 13.0. The third-order valence-corrected chi connectivity index (χ3v) is 5.78. The molecule has 0 aromatic rings. The van der Waals surface area contributed by atoms with E-state index in [0.29, 0.717) is 5.92 Å². The van der Waals surface area contributed by atoms with Gasteiger partial charge in [-0.2, -0.15) is 11.8 Å². The predicted octanol–water partition coefficient (Wildman–Crippen LogP) is 2.86. The molecule has 1 saturated carbocycles. The average molecular weight is 271 g/mol. The Bertz CT molecular complexity index is 239. The molecular weight excluding hydrogens is 242 g/mol. The average Bonchev–Trinajstić information content (AvgIpc) is 2.60. The van der Waals surface area contributed by atoms with Crippen LogP contribution in [0.5, 0.6) is 0 Å². The van der Waals surface area contributed by atoms with Crippen LogP contribution in [0.4, 0.5) is 0 Å². The van der Waals surface area contributed by atoms with Gasteiger partial charge in [0.1, 0.15) is 0 Å². The van der Waals surface area contributed by atoms with E-state index in [9.17, 15) is 5.11 Å². The van der Waals surface area contributed by atoms with Gasteiger partial charge < -0.3 is 10.0 Å². The molecule has 0 radical (unpaired) electrons. The Kier molecular flexibility index (Phi) is 5.84. The van der Waals surface area contributed by atoms with Crippen LogP contribution in [0.3, 0.4) is 0 Å². The number of hydrogen-bond acceptors (Lipinski definition) is 3. The molecular formula is C15H29NOS. The van der Waals surface area contributed by atoms with Crippen LogP contribution in [0.25, 0.3) is 0 Å². The predicted molar refractivity (Wildman–Crippen MR) is 80.1 cm³/mol. The number of aliphatic hydroxyl groups excluding tert-OH is 1. The van der Waals surface area contributed by atoms with E-state index in [-0.39, 0.29) is 6.10 Å². The van der Waals surface area contributed by atoms with Gasteiger partial charge >= 0.3 is 0 Å². The maximum atomic E-state index is 10.2. The molecule has 2 aliphatic rings. The molecule has 1 heterocycles. The molecule has 2 nitrogen and oxygen atoms in total. The Hall–Kier alpha value is 0.270. The number of nitrogens with zero attached hydrogens (tertiary/aromatic N) is 1. The van der Waals surface area contributed by atoms with Crippen LogP contribution in [-0.2, 0) is 0 Å². The first-order chi connectivity index (χ1) is 8.66. The van der Waals surface area contributed by atoms with Gasteiger partial charge in [-0.15, -0.1) is 0 Å². The van der Waals surface area contributed by atoms with Gasteiger partial charge in [-0.25, -0.2) is 0 Å². The van der Waals surface area contributed by atoms with Crippen molar-refractivity contribution in [1.29, 1.82) is 0 Å². The quantitative estimate of drug-likeness (QED) is 0.854. The SMILES string of the molecule is CC(C)C1CCC(O)C(CN2CCCSCC2)C1. The lowest BCUT2D eigenvalue weighted by Crippen LogP contribution is -2.40. The van der Waals surface area contributed by atoms with Crippen LogP contribution in [0.2, 0.25) is 0 Å². The van der Waals surface area contributed by atoms with Crippen molar-refractivity contribution >= 4 is 11.8 Å². The lowest BCUT2D eigenvalue weighted by Gasteiger charge is -2.37. The van der Waals surface area contributed by atoms with E-state index >= 15 is 0 Å². The summed E-state index contributed by atoms with van der Waals surface area (Å²) in [7, 11) is 0. The van der Waals surface area contributed by atoms with Crippen molar-refractivity contribution < 1.29 is 5.11 Å². The Morgan fingerprint density at radius 3 is 2.83 bits per heavy atom. The second-order valence-corrected chi connectivity index (χ2v) is 7.64. The standard InChI is InChI=1S/C15H29NOS/c1-12(2)13-4-5-15(17)14(10-13)11-16-6-3-8-18-9-7-16/h12-15,17H,3-11H2,1-2H3. The molecule has 1 aliphatic heterocycles. The first-order valence-corrected chi connectivity index (χ1v) is 8.80. The van der Waals surface area contributed by atoms with E-state index in [1.807, 2.05) is 0 Å². The number of hydrogen-bond donors (Lipinski definition) is 1. The summed E-state index contributed by atoms with van der Waals surface area (Å²) in [5.74, 6) is 4.73. The van der Waals surface area contributed by atoms with Gasteiger partial charge in [0, 0.05) is 18.8 Å². The minimum Gasteiger partial charge on any atom is -0.393 e. The Morgan fingerprint density at radius 2 is 2.06 bits per heavy atom. The molecule has 3 heteroatoms. The molecule has 3 atom stereocenters. The van der Waals surface area contributed by atoms with E-state index in [2.05, 4.69) is 30.5 Å². The summed E-state index contributed by atoms with van der Waals surface area (Å²) in [6, 6.07) is 0. The topological polar surface area (TPSA) is 23.5 Å². The van der Waals surface area contributed by atoms with Crippen molar-refractivity contribution in [3.8, 4) is 0 Å². The van der Waals surface area contributed by atoms with Gasteiger partial charge in [0.2, 0.25) is 0 Å². The highest BCUT2D eigenvalue weighted by molar-refractivity contribution is 7.99. The molecule has 0 amide bonds. The number of rotatable bonds is 3. The van der Waals surface area contributed by atoms with Gasteiger partial charge in [-0.1, -0.05) is 13.8 Å². The van der Waals surface area contributed by atoms with E-state index in [1.165, 1.54) is 43.9 Å². The van der Waals surface area contributed by atoms with Crippen LogP contribution < -0.4 is 0 Å². The van der Waals surface area contributed by atoms with Crippen LogP contribution in [0.15, 0.2) is 0 Å². The summed E-state index contributed by atoms with van der Waals surface area (Å²) in [5, 5.41) is 10.2. The molecule has 1 saturated heterocycles. The summed E-state index contributed by atoms with van der Waals surface area (Å²) in [5.41, 5.74) is 0. The van der Waals surface area contributed by atoms with Crippen molar-refractivity contribution in [3.63, 3.8) is 0 Å². The zero-order valence-electron chi connectivity index (χ0n) is 12.0. The second kappa shape index (κ2) is 7.16. The maximum Gasteiger partial charge on any atom is 0.0580 e. The summed E-state index contributed by atoms with van der Waals surface area (Å²) in [6.07, 6.45) is 4.76. The Morgan fingerprint density at radius 1 is 1.22 bits per heavy atom. The van der Waals surface area contributed by atoms with E-state index in [0.717, 1.165) is 24.8 Å². The van der Waals surface area contributed by atoms with Gasteiger partial charge in [-0.05, 0) is 55.7 Å². The van der Waals surface area contributed by atoms with Crippen LogP contribution >= 0.6 is 11.8 Å². The molecule has 0 aromatic heterocycles. The molecule has 106 valence electrons. The van der Waals surface area contributed by atoms with Crippen molar-refractivity contribution in [2.75, 3.05) is 31.1 Å². The highest BCUT2D eigenvalue weighted by atomic mass is 32.2. The fraction of sp³-hybridized carbons (Fsp3) is 1.00. The fourth-order valence-electron chi connectivity index (χ4n) is 3.40. The molecule has 1 aliphatic carbocycles. The highest BCUT2D eigenvalue weighted by Crippen LogP contribution is 2.34. The Balaban J connectivity index is 1.85. The normalized spacial score (nSPS) is 35.7. The van der Waals surface area contributed by atoms with Crippen molar-refractivity contribution in [3.05, 3.63) is 0 Å². The van der Waals surface area contributed by atoms with E-state index in [1.54, 1.807) is 0 Å². The van der Waals surface area contributed by atoms with Crippen LogP contribution in [0.1, 0.15) is 39.5 Å². The molecule has 3 unspecified atom stereocenters. The molecule has 1 N–H and O–H groups in total. The molecule has 0 bridgehead atoms. The Labute approximate surface area is 117 Å². The summed E-state index contributed by atoms with van der Waals surface area (Å²) in [4.78, 5) is 2.59. The fourth-order valence-corrected chi connectivity index (χ4v) is 4.32. The van der Waals surface area contributed by atoms with Crippen LogP contribution in [-0.4, -0.2) is 47.3 Å². The third-order valence-electron chi connectivity index (χ3n) is 4.73. The largest absolute Gasteiger partial charge is 0.393 e.